The number of hydrogen-bond acceptors (Lipinski definition) is 8. The molecule has 0 radical (unpaired) electrons. The number of ketones is 1. The molecule has 0 aromatic heterocycles. The summed E-state index contributed by atoms with van der Waals surface area (Å²) in [6.45, 7) is 1.26. The highest BCUT2D eigenvalue weighted by atomic mass is 16.6. The predicted octanol–water partition coefficient (Wildman–Crippen LogP) is 2.30. The molecular formula is C21H21NO8. The number of anilines is 1. The minimum atomic E-state index is -0.902. The SMILES string of the molecule is COc1ccc([C@H]2C(=O)C(=O)N2c2cc(OC)c(OC)c(OC)c2)cc1OC(C)=O. The van der Waals surface area contributed by atoms with E-state index in [9.17, 15) is 14.4 Å². The van der Waals surface area contributed by atoms with Gasteiger partial charge in [0.05, 0.1) is 34.1 Å². The van der Waals surface area contributed by atoms with E-state index in [1.165, 1.54) is 46.3 Å². The van der Waals surface area contributed by atoms with E-state index in [1.807, 2.05) is 0 Å². The zero-order valence-corrected chi connectivity index (χ0v) is 17.2. The fourth-order valence-corrected chi connectivity index (χ4v) is 3.28. The summed E-state index contributed by atoms with van der Waals surface area (Å²) in [4.78, 5) is 37.6. The minimum Gasteiger partial charge on any atom is -0.493 e. The van der Waals surface area contributed by atoms with Gasteiger partial charge in [0, 0.05) is 19.1 Å². The van der Waals surface area contributed by atoms with E-state index in [1.54, 1.807) is 24.3 Å². The summed E-state index contributed by atoms with van der Waals surface area (Å²) >= 11 is 0. The Balaban J connectivity index is 2.07. The molecule has 0 N–H and O–H groups in total. The summed E-state index contributed by atoms with van der Waals surface area (Å²) in [5.41, 5.74) is 0.856. The number of β-lactam (4-membered cyclic amide) rings is 1. The maximum atomic E-state index is 12.4. The summed E-state index contributed by atoms with van der Waals surface area (Å²) in [6, 6.07) is 6.95. The molecule has 3 rings (SSSR count). The van der Waals surface area contributed by atoms with Gasteiger partial charge in [0.2, 0.25) is 11.5 Å². The number of amides is 1. The van der Waals surface area contributed by atoms with E-state index < -0.39 is 23.7 Å². The lowest BCUT2D eigenvalue weighted by Gasteiger charge is -2.39. The van der Waals surface area contributed by atoms with Crippen LogP contribution >= 0.6 is 0 Å². The number of nitrogens with zero attached hydrogens (tertiary/aromatic N) is 1. The lowest BCUT2D eigenvalue weighted by Crippen LogP contribution is -2.56. The van der Waals surface area contributed by atoms with Crippen molar-refractivity contribution < 1.29 is 38.1 Å². The second kappa shape index (κ2) is 8.32. The van der Waals surface area contributed by atoms with Crippen molar-refractivity contribution in [3.05, 3.63) is 35.9 Å². The van der Waals surface area contributed by atoms with Crippen molar-refractivity contribution in [2.24, 2.45) is 0 Å². The van der Waals surface area contributed by atoms with Gasteiger partial charge < -0.3 is 23.7 Å². The highest BCUT2D eigenvalue weighted by molar-refractivity contribution is 6.51. The Hall–Kier alpha value is -3.75. The average molecular weight is 415 g/mol. The normalized spacial score (nSPS) is 15.4. The van der Waals surface area contributed by atoms with Crippen LogP contribution < -0.4 is 28.6 Å². The molecule has 2 aromatic rings. The third kappa shape index (κ3) is 3.49. The summed E-state index contributed by atoms with van der Waals surface area (Å²) in [5, 5.41) is 0. The van der Waals surface area contributed by atoms with Gasteiger partial charge in [0.15, 0.2) is 23.0 Å². The van der Waals surface area contributed by atoms with Gasteiger partial charge in [-0.25, -0.2) is 0 Å². The van der Waals surface area contributed by atoms with Crippen molar-refractivity contribution in [1.82, 2.24) is 0 Å². The van der Waals surface area contributed by atoms with Gasteiger partial charge in [-0.3, -0.25) is 19.3 Å². The predicted molar refractivity (Wildman–Crippen MR) is 106 cm³/mol. The largest absolute Gasteiger partial charge is 0.493 e. The number of methoxy groups -OCH3 is 4. The molecule has 0 spiro atoms. The van der Waals surface area contributed by atoms with Crippen LogP contribution in [-0.4, -0.2) is 46.1 Å². The van der Waals surface area contributed by atoms with E-state index >= 15 is 0 Å². The zero-order chi connectivity index (χ0) is 22.0. The van der Waals surface area contributed by atoms with Gasteiger partial charge in [-0.2, -0.15) is 0 Å². The summed E-state index contributed by atoms with van der Waals surface area (Å²) in [7, 11) is 5.81. The first-order valence-electron chi connectivity index (χ1n) is 8.90. The Kier molecular flexibility index (Phi) is 5.81. The molecule has 1 atom stereocenters. The highest BCUT2D eigenvalue weighted by Gasteiger charge is 2.48. The molecule has 9 heteroatoms. The van der Waals surface area contributed by atoms with Gasteiger partial charge >= 0.3 is 5.97 Å². The second-order valence-corrected chi connectivity index (χ2v) is 6.33. The van der Waals surface area contributed by atoms with Crippen LogP contribution in [0.2, 0.25) is 0 Å². The Labute approximate surface area is 173 Å². The van der Waals surface area contributed by atoms with Crippen LogP contribution in [0.25, 0.3) is 0 Å². The number of rotatable bonds is 7. The van der Waals surface area contributed by atoms with Gasteiger partial charge in [-0.15, -0.1) is 0 Å². The number of benzene rings is 2. The van der Waals surface area contributed by atoms with Crippen LogP contribution in [0.15, 0.2) is 30.3 Å². The molecule has 1 heterocycles. The highest BCUT2D eigenvalue weighted by Crippen LogP contribution is 2.46. The van der Waals surface area contributed by atoms with Gasteiger partial charge in [0.1, 0.15) is 6.04 Å². The number of ether oxygens (including phenoxy) is 5. The monoisotopic (exact) mass is 415 g/mol. The van der Waals surface area contributed by atoms with E-state index in [0.717, 1.165) is 0 Å². The third-order valence-electron chi connectivity index (χ3n) is 4.62. The fourth-order valence-electron chi connectivity index (χ4n) is 3.28. The Bertz CT molecular complexity index is 991. The maximum Gasteiger partial charge on any atom is 0.308 e. The van der Waals surface area contributed by atoms with Crippen LogP contribution in [0.1, 0.15) is 18.5 Å². The van der Waals surface area contributed by atoms with Crippen LogP contribution in [0.4, 0.5) is 5.69 Å². The van der Waals surface area contributed by atoms with Crippen LogP contribution in [-0.2, 0) is 14.4 Å². The molecule has 1 saturated heterocycles. The zero-order valence-electron chi connectivity index (χ0n) is 17.2. The third-order valence-corrected chi connectivity index (χ3v) is 4.62. The first kappa shape index (κ1) is 21.0. The van der Waals surface area contributed by atoms with Crippen molar-refractivity contribution in [3.8, 4) is 28.7 Å². The summed E-state index contributed by atoms with van der Waals surface area (Å²) < 4.78 is 26.3. The topological polar surface area (TPSA) is 101 Å². The molecule has 1 amide bonds. The fraction of sp³-hybridized carbons (Fsp3) is 0.286. The molecule has 0 aliphatic carbocycles. The standard InChI is InChI=1S/C21H21NO8/c1-11(23)30-15-8-12(6-7-14(15)26-2)18-19(24)21(25)22(18)13-9-16(27-3)20(29-5)17(10-13)28-4/h6-10,18H,1-5H3/t18-/m0/s1. The molecule has 0 bridgehead atoms. The summed E-state index contributed by atoms with van der Waals surface area (Å²) in [5.74, 6) is -0.294. The van der Waals surface area contributed by atoms with E-state index in [-0.39, 0.29) is 5.75 Å². The number of esters is 1. The first-order valence-corrected chi connectivity index (χ1v) is 8.90. The molecule has 9 nitrogen and oxygen atoms in total. The molecule has 158 valence electrons. The minimum absolute atomic E-state index is 0.152. The van der Waals surface area contributed by atoms with Crippen molar-refractivity contribution in [3.63, 3.8) is 0 Å². The molecule has 0 unspecified atom stereocenters. The molecule has 1 aliphatic rings. The molecular weight excluding hydrogens is 394 g/mol. The van der Waals surface area contributed by atoms with Crippen LogP contribution in [0.3, 0.4) is 0 Å². The molecule has 30 heavy (non-hydrogen) atoms. The quantitative estimate of drug-likeness (QED) is 0.294. The van der Waals surface area contributed by atoms with Crippen molar-refractivity contribution in [2.45, 2.75) is 13.0 Å². The average Bonchev–Trinajstić information content (AvgIpc) is 2.75. The van der Waals surface area contributed by atoms with Crippen LogP contribution in [0, 0.1) is 0 Å². The second-order valence-electron chi connectivity index (χ2n) is 6.33. The van der Waals surface area contributed by atoms with E-state index in [4.69, 9.17) is 23.7 Å². The Morgan fingerprint density at radius 1 is 0.833 bits per heavy atom. The van der Waals surface area contributed by atoms with Crippen LogP contribution in [0.5, 0.6) is 28.7 Å². The molecule has 1 fully saturated rings. The van der Waals surface area contributed by atoms with Gasteiger partial charge in [0.25, 0.3) is 5.91 Å². The van der Waals surface area contributed by atoms with E-state index in [0.29, 0.717) is 34.2 Å². The number of carbonyl (C=O) groups is 3. The van der Waals surface area contributed by atoms with E-state index in [2.05, 4.69) is 0 Å². The van der Waals surface area contributed by atoms with Crippen molar-refractivity contribution in [2.75, 3.05) is 33.3 Å². The lowest BCUT2D eigenvalue weighted by atomic mass is 9.91. The molecule has 0 saturated carbocycles. The number of carbonyl (C=O) groups excluding carboxylic acids is 3. The molecule has 1 aliphatic heterocycles. The van der Waals surface area contributed by atoms with Gasteiger partial charge in [-0.05, 0) is 17.7 Å². The maximum absolute atomic E-state index is 12.4. The van der Waals surface area contributed by atoms with Crippen molar-refractivity contribution in [1.29, 1.82) is 0 Å². The van der Waals surface area contributed by atoms with Crippen molar-refractivity contribution >= 4 is 23.3 Å². The number of Topliss-reactive ketones (excluding diaryl/α,β-unsaturated/α-hetero) is 1. The Morgan fingerprint density at radius 2 is 1.43 bits per heavy atom. The smallest absolute Gasteiger partial charge is 0.308 e. The lowest BCUT2D eigenvalue weighted by molar-refractivity contribution is -0.143. The first-order chi connectivity index (χ1) is 14.4. The van der Waals surface area contributed by atoms with Gasteiger partial charge in [-0.1, -0.05) is 6.07 Å². The molecule has 2 aromatic carbocycles. The Morgan fingerprint density at radius 3 is 1.93 bits per heavy atom. The number of hydrogen-bond donors (Lipinski definition) is 0. The summed E-state index contributed by atoms with van der Waals surface area (Å²) in [6.07, 6.45) is 0.